The lowest BCUT2D eigenvalue weighted by Crippen LogP contribution is -2.44. The van der Waals surface area contributed by atoms with Gasteiger partial charge in [0.05, 0.1) is 16.6 Å². The van der Waals surface area contributed by atoms with Gasteiger partial charge in [0.25, 0.3) is 5.91 Å². The van der Waals surface area contributed by atoms with E-state index in [1.165, 1.54) is 12.1 Å². The fourth-order valence-electron chi connectivity index (χ4n) is 3.98. The van der Waals surface area contributed by atoms with Crippen LogP contribution in [0.15, 0.2) is 45.8 Å². The molecule has 2 aromatic rings. The summed E-state index contributed by atoms with van der Waals surface area (Å²) in [5, 5.41) is 6.57. The molecule has 1 aromatic carbocycles. The molecule has 0 saturated carbocycles. The smallest absolute Gasteiger partial charge is 0.287 e. The normalized spacial score (nSPS) is 18.6. The van der Waals surface area contributed by atoms with Crippen LogP contribution >= 0.6 is 0 Å². The highest BCUT2D eigenvalue weighted by molar-refractivity contribution is 7.89. The van der Waals surface area contributed by atoms with Crippen LogP contribution in [0.1, 0.15) is 51.0 Å². The second kappa shape index (κ2) is 11.5. The molecular formula is C24H31N3O6S. The van der Waals surface area contributed by atoms with Crippen molar-refractivity contribution in [2.75, 3.05) is 6.54 Å². The Bertz CT molecular complexity index is 1110. The second-order valence-electron chi connectivity index (χ2n) is 9.03. The first-order valence-corrected chi connectivity index (χ1v) is 13.0. The summed E-state index contributed by atoms with van der Waals surface area (Å²) in [6.45, 7) is 3.99. The highest BCUT2D eigenvalue weighted by Gasteiger charge is 2.32. The molecule has 184 valence electrons. The largest absolute Gasteiger partial charge is 0.361 e. The number of aromatic nitrogens is 1. The Labute approximate surface area is 199 Å². The zero-order valence-corrected chi connectivity index (χ0v) is 20.3. The molecule has 0 saturated heterocycles. The number of amides is 1. The van der Waals surface area contributed by atoms with Crippen LogP contribution < -0.4 is 10.0 Å². The number of carbonyl (C=O) groups excluding carboxylic acids is 3. The lowest BCUT2D eigenvalue weighted by Gasteiger charge is -2.22. The molecule has 2 atom stereocenters. The van der Waals surface area contributed by atoms with E-state index in [9.17, 15) is 22.8 Å². The van der Waals surface area contributed by atoms with Crippen molar-refractivity contribution in [3.05, 3.63) is 47.9 Å². The third kappa shape index (κ3) is 7.07. The molecule has 9 nitrogen and oxygen atoms in total. The number of Topliss-reactive ketones (excluding diaryl/α,β-unsaturated/α-hetero) is 2. The summed E-state index contributed by atoms with van der Waals surface area (Å²) in [5.74, 6) is -1.98. The summed E-state index contributed by atoms with van der Waals surface area (Å²) < 4.78 is 33.4. The first-order chi connectivity index (χ1) is 16.2. The molecule has 10 heteroatoms. The number of benzene rings is 1. The Balaban J connectivity index is 1.76. The van der Waals surface area contributed by atoms with Gasteiger partial charge in [-0.25, -0.2) is 13.1 Å². The standard InChI is InChI=1S/C24H31N3O6S/c1-16(2)13-21(27-34(31,32)20-9-4-3-5-10-20)22(28)14-17-7-6-8-18-15-19(33-26-18)11-12-25-24(30)23(17)29/h3-5,9-10,15-17,21,27H,6-8,11-14H2,1-2H3,(H,25,30). The predicted octanol–water partition coefficient (Wildman–Crippen LogP) is 2.21. The zero-order valence-electron chi connectivity index (χ0n) is 19.5. The van der Waals surface area contributed by atoms with Crippen molar-refractivity contribution in [2.24, 2.45) is 11.8 Å². The van der Waals surface area contributed by atoms with Gasteiger partial charge >= 0.3 is 0 Å². The molecular weight excluding hydrogens is 458 g/mol. The van der Waals surface area contributed by atoms with E-state index in [-0.39, 0.29) is 30.2 Å². The maximum Gasteiger partial charge on any atom is 0.287 e. The molecule has 2 unspecified atom stereocenters. The van der Waals surface area contributed by atoms with Crippen molar-refractivity contribution in [3.63, 3.8) is 0 Å². The summed E-state index contributed by atoms with van der Waals surface area (Å²) in [6, 6.07) is 8.65. The highest BCUT2D eigenvalue weighted by Crippen LogP contribution is 2.21. The van der Waals surface area contributed by atoms with E-state index in [1.54, 1.807) is 18.2 Å². The molecule has 0 spiro atoms. The van der Waals surface area contributed by atoms with Gasteiger partial charge in [-0.1, -0.05) is 37.2 Å². The minimum atomic E-state index is -3.92. The summed E-state index contributed by atoms with van der Waals surface area (Å²) in [4.78, 5) is 38.6. The molecule has 1 aromatic heterocycles. The molecule has 2 N–H and O–H groups in total. The molecule has 0 aliphatic carbocycles. The van der Waals surface area contributed by atoms with Crippen LogP contribution in [-0.2, 0) is 37.2 Å². The SMILES string of the molecule is CC(C)CC(NS(=O)(=O)c1ccccc1)C(=O)CC1CCCc2cc(on2)CCNC(=O)C1=O. The van der Waals surface area contributed by atoms with Crippen LogP contribution in [-0.4, -0.2) is 43.6 Å². The molecule has 34 heavy (non-hydrogen) atoms. The fraction of sp³-hybridized carbons (Fsp3) is 0.500. The Kier molecular flexibility index (Phi) is 8.73. The van der Waals surface area contributed by atoms with Crippen molar-refractivity contribution < 1.29 is 27.3 Å². The zero-order chi connectivity index (χ0) is 24.7. The van der Waals surface area contributed by atoms with E-state index >= 15 is 0 Å². The fourth-order valence-corrected chi connectivity index (χ4v) is 5.23. The second-order valence-corrected chi connectivity index (χ2v) is 10.7. The van der Waals surface area contributed by atoms with E-state index in [4.69, 9.17) is 4.52 Å². The first kappa shape index (κ1) is 25.8. The van der Waals surface area contributed by atoms with Crippen LogP contribution in [0, 0.1) is 11.8 Å². The summed E-state index contributed by atoms with van der Waals surface area (Å²) >= 11 is 0. The number of carbonyl (C=O) groups is 3. The minimum Gasteiger partial charge on any atom is -0.361 e. The van der Waals surface area contributed by atoms with Crippen molar-refractivity contribution >= 4 is 27.5 Å². The van der Waals surface area contributed by atoms with E-state index < -0.39 is 39.5 Å². The van der Waals surface area contributed by atoms with Gasteiger partial charge < -0.3 is 9.84 Å². The molecule has 0 fully saturated rings. The van der Waals surface area contributed by atoms with Crippen LogP contribution in [0.2, 0.25) is 0 Å². The number of aryl methyl sites for hydroxylation is 1. The van der Waals surface area contributed by atoms with Gasteiger partial charge in [0, 0.05) is 31.4 Å². The Morgan fingerprint density at radius 1 is 1.21 bits per heavy atom. The van der Waals surface area contributed by atoms with Gasteiger partial charge in [-0.05, 0) is 43.7 Å². The summed E-state index contributed by atoms with van der Waals surface area (Å²) in [5.41, 5.74) is 0.757. The average molecular weight is 490 g/mol. The molecule has 0 radical (unpaired) electrons. The molecule has 1 aliphatic heterocycles. The van der Waals surface area contributed by atoms with Crippen molar-refractivity contribution in [3.8, 4) is 0 Å². The molecule has 2 heterocycles. The average Bonchev–Trinajstić information content (AvgIpc) is 3.24. The third-order valence-electron chi connectivity index (χ3n) is 5.74. The number of nitrogens with one attached hydrogen (secondary N) is 2. The Hall–Kier alpha value is -2.85. The maximum absolute atomic E-state index is 13.2. The Morgan fingerprint density at radius 2 is 1.94 bits per heavy atom. The molecule has 3 rings (SSSR count). The number of sulfonamides is 1. The number of rotatable bonds is 8. The molecule has 1 amide bonds. The third-order valence-corrected chi connectivity index (χ3v) is 7.23. The number of hydrogen-bond donors (Lipinski definition) is 2. The quantitative estimate of drug-likeness (QED) is 0.543. The molecule has 1 aliphatic rings. The number of fused-ring (bicyclic) bond motifs is 2. The van der Waals surface area contributed by atoms with E-state index in [1.807, 2.05) is 19.9 Å². The van der Waals surface area contributed by atoms with Crippen LogP contribution in [0.3, 0.4) is 0 Å². The van der Waals surface area contributed by atoms with Gasteiger partial charge in [0.1, 0.15) is 5.76 Å². The number of ketones is 2. The maximum atomic E-state index is 13.2. The van der Waals surface area contributed by atoms with Crippen LogP contribution in [0.5, 0.6) is 0 Å². The minimum absolute atomic E-state index is 0.0316. The van der Waals surface area contributed by atoms with Crippen molar-refractivity contribution in [1.29, 1.82) is 0 Å². The summed E-state index contributed by atoms with van der Waals surface area (Å²) in [7, 11) is -3.92. The van der Waals surface area contributed by atoms with E-state index in [0.717, 1.165) is 5.69 Å². The van der Waals surface area contributed by atoms with Gasteiger partial charge in [0.2, 0.25) is 15.8 Å². The van der Waals surface area contributed by atoms with Gasteiger partial charge in [-0.2, -0.15) is 0 Å². The summed E-state index contributed by atoms with van der Waals surface area (Å²) in [6.07, 6.45) is 1.87. The monoisotopic (exact) mass is 489 g/mol. The van der Waals surface area contributed by atoms with Gasteiger partial charge in [-0.3, -0.25) is 14.4 Å². The predicted molar refractivity (Wildman–Crippen MR) is 124 cm³/mol. The lowest BCUT2D eigenvalue weighted by atomic mass is 9.87. The highest BCUT2D eigenvalue weighted by atomic mass is 32.2. The number of hydrogen-bond acceptors (Lipinski definition) is 7. The van der Waals surface area contributed by atoms with Gasteiger partial charge in [-0.15, -0.1) is 0 Å². The lowest BCUT2D eigenvalue weighted by molar-refractivity contribution is -0.141. The van der Waals surface area contributed by atoms with Crippen molar-refractivity contribution in [1.82, 2.24) is 15.2 Å². The topological polar surface area (TPSA) is 135 Å². The van der Waals surface area contributed by atoms with E-state index in [0.29, 0.717) is 31.4 Å². The van der Waals surface area contributed by atoms with Gasteiger partial charge in [0.15, 0.2) is 5.78 Å². The van der Waals surface area contributed by atoms with Crippen molar-refractivity contribution in [2.45, 2.75) is 63.3 Å². The van der Waals surface area contributed by atoms with Crippen LogP contribution in [0.25, 0.3) is 0 Å². The first-order valence-electron chi connectivity index (χ1n) is 11.5. The Morgan fingerprint density at radius 3 is 2.65 bits per heavy atom. The number of nitrogens with zero attached hydrogens (tertiary/aromatic N) is 1. The molecule has 2 bridgehead atoms. The van der Waals surface area contributed by atoms with Crippen LogP contribution in [0.4, 0.5) is 0 Å². The van der Waals surface area contributed by atoms with E-state index in [2.05, 4.69) is 15.2 Å².